The summed E-state index contributed by atoms with van der Waals surface area (Å²) >= 11 is 1.06. The van der Waals surface area contributed by atoms with Crippen LogP contribution in [-0.4, -0.2) is 34.1 Å². The number of amides is 3. The lowest BCUT2D eigenvalue weighted by molar-refractivity contribution is -0.120. The maximum atomic E-state index is 12.7. The molecule has 3 aromatic rings. The van der Waals surface area contributed by atoms with E-state index in [2.05, 4.69) is 15.6 Å². The first-order valence-corrected chi connectivity index (χ1v) is 9.48. The summed E-state index contributed by atoms with van der Waals surface area (Å²) in [6.07, 6.45) is 2.67. The number of nitrogens with zero attached hydrogens (tertiary/aromatic N) is 2. The number of imide groups is 1. The number of thiophene rings is 1. The molecule has 0 spiro atoms. The van der Waals surface area contributed by atoms with Crippen LogP contribution in [0.1, 0.15) is 27.9 Å². The molecule has 3 amide bonds. The first kappa shape index (κ1) is 20.3. The second-order valence-corrected chi connectivity index (χ2v) is 6.94. The highest BCUT2D eigenvalue weighted by Gasteiger charge is 2.21. The van der Waals surface area contributed by atoms with Crippen LogP contribution in [0.25, 0.3) is 10.2 Å². The van der Waals surface area contributed by atoms with E-state index in [-0.39, 0.29) is 18.5 Å². The molecule has 3 aromatic heterocycles. The molecule has 29 heavy (non-hydrogen) atoms. The predicted molar refractivity (Wildman–Crippen MR) is 104 cm³/mol. The zero-order chi connectivity index (χ0) is 21.0. The van der Waals surface area contributed by atoms with Crippen molar-refractivity contribution in [3.63, 3.8) is 0 Å². The van der Waals surface area contributed by atoms with Gasteiger partial charge in [0.1, 0.15) is 22.0 Å². The molecular formula is C18H18N4O6S. The third-order valence-corrected chi connectivity index (χ3v) is 5.13. The molecule has 0 aromatic carbocycles. The first-order valence-electron chi connectivity index (χ1n) is 8.66. The number of ether oxygens (including phenoxy) is 1. The van der Waals surface area contributed by atoms with E-state index in [9.17, 15) is 19.2 Å². The van der Waals surface area contributed by atoms with Gasteiger partial charge in [-0.05, 0) is 31.5 Å². The van der Waals surface area contributed by atoms with Crippen LogP contribution < -0.4 is 16.2 Å². The Morgan fingerprint density at radius 3 is 2.83 bits per heavy atom. The van der Waals surface area contributed by atoms with Crippen LogP contribution in [0.15, 0.2) is 33.9 Å². The van der Waals surface area contributed by atoms with E-state index >= 15 is 0 Å². The number of aromatic nitrogens is 2. The van der Waals surface area contributed by atoms with Crippen molar-refractivity contribution in [1.82, 2.24) is 20.2 Å². The Balaban J connectivity index is 1.71. The van der Waals surface area contributed by atoms with E-state index < -0.39 is 30.0 Å². The molecule has 0 unspecified atom stereocenters. The van der Waals surface area contributed by atoms with Gasteiger partial charge in [0.25, 0.3) is 5.56 Å². The number of esters is 1. The van der Waals surface area contributed by atoms with E-state index in [1.165, 1.54) is 12.6 Å². The van der Waals surface area contributed by atoms with Crippen molar-refractivity contribution >= 4 is 39.5 Å². The number of rotatable bonds is 6. The second-order valence-electron chi connectivity index (χ2n) is 5.94. The van der Waals surface area contributed by atoms with Crippen LogP contribution in [0.3, 0.4) is 0 Å². The van der Waals surface area contributed by atoms with Crippen molar-refractivity contribution in [1.29, 1.82) is 0 Å². The average molecular weight is 418 g/mol. The van der Waals surface area contributed by atoms with Gasteiger partial charge < -0.3 is 14.5 Å². The topological polar surface area (TPSA) is 133 Å². The van der Waals surface area contributed by atoms with Crippen LogP contribution in [0.4, 0.5) is 4.79 Å². The summed E-state index contributed by atoms with van der Waals surface area (Å²) in [6.45, 7) is 3.24. The normalized spacial score (nSPS) is 10.7. The van der Waals surface area contributed by atoms with Gasteiger partial charge in [0.2, 0.25) is 5.91 Å². The minimum Gasteiger partial charge on any atom is -0.467 e. The molecule has 3 heterocycles. The number of aryl methyl sites for hydroxylation is 1. The smallest absolute Gasteiger partial charge is 0.348 e. The molecule has 2 N–H and O–H groups in total. The zero-order valence-electron chi connectivity index (χ0n) is 15.7. The lowest BCUT2D eigenvalue weighted by Gasteiger charge is -2.07. The maximum absolute atomic E-state index is 12.7. The van der Waals surface area contributed by atoms with Gasteiger partial charge in [-0.25, -0.2) is 14.6 Å². The highest BCUT2D eigenvalue weighted by Crippen LogP contribution is 2.27. The Bertz CT molecular complexity index is 1120. The maximum Gasteiger partial charge on any atom is 0.348 e. The number of nitrogens with one attached hydrogen (secondary N) is 2. The van der Waals surface area contributed by atoms with Gasteiger partial charge in [-0.15, -0.1) is 11.3 Å². The molecule has 3 rings (SSSR count). The van der Waals surface area contributed by atoms with Gasteiger partial charge >= 0.3 is 12.0 Å². The summed E-state index contributed by atoms with van der Waals surface area (Å²) < 4.78 is 11.1. The Morgan fingerprint density at radius 1 is 1.34 bits per heavy atom. The molecular weight excluding hydrogens is 400 g/mol. The molecule has 11 heteroatoms. The first-order chi connectivity index (χ1) is 13.9. The van der Waals surface area contributed by atoms with Crippen LogP contribution in [-0.2, 0) is 22.6 Å². The van der Waals surface area contributed by atoms with Crippen molar-refractivity contribution < 1.29 is 23.5 Å². The van der Waals surface area contributed by atoms with Crippen LogP contribution in [0.2, 0.25) is 0 Å². The summed E-state index contributed by atoms with van der Waals surface area (Å²) in [7, 11) is 0. The minimum absolute atomic E-state index is 0.115. The Labute approximate surface area is 168 Å². The quantitative estimate of drug-likeness (QED) is 0.581. The van der Waals surface area contributed by atoms with Gasteiger partial charge in [0.05, 0.1) is 31.1 Å². The van der Waals surface area contributed by atoms with Crippen molar-refractivity contribution in [3.8, 4) is 0 Å². The number of furan rings is 1. The molecule has 0 bridgehead atoms. The van der Waals surface area contributed by atoms with Crippen molar-refractivity contribution in [2.45, 2.75) is 26.9 Å². The Morgan fingerprint density at radius 2 is 2.14 bits per heavy atom. The lowest BCUT2D eigenvalue weighted by atomic mass is 10.2. The van der Waals surface area contributed by atoms with Gasteiger partial charge in [-0.1, -0.05) is 0 Å². The Kier molecular flexibility index (Phi) is 6.07. The van der Waals surface area contributed by atoms with E-state index in [0.29, 0.717) is 21.0 Å². The second kappa shape index (κ2) is 8.69. The fraction of sp³-hybridized carbons (Fsp3) is 0.278. The summed E-state index contributed by atoms with van der Waals surface area (Å²) in [5, 5.41) is 4.84. The molecule has 0 saturated carbocycles. The van der Waals surface area contributed by atoms with E-state index in [4.69, 9.17) is 9.15 Å². The highest BCUT2D eigenvalue weighted by atomic mass is 32.1. The number of hydrogen-bond donors (Lipinski definition) is 2. The molecule has 0 atom stereocenters. The molecule has 0 aliphatic rings. The highest BCUT2D eigenvalue weighted by molar-refractivity contribution is 7.20. The fourth-order valence-corrected chi connectivity index (χ4v) is 3.64. The predicted octanol–water partition coefficient (Wildman–Crippen LogP) is 1.56. The van der Waals surface area contributed by atoms with Gasteiger partial charge in [-0.2, -0.15) is 0 Å². The van der Waals surface area contributed by atoms with Gasteiger partial charge in [0.15, 0.2) is 0 Å². The minimum atomic E-state index is -0.718. The number of fused-ring (bicyclic) bond motifs is 1. The molecule has 0 aliphatic carbocycles. The number of carbonyl (C=O) groups is 3. The average Bonchev–Trinajstić information content (AvgIpc) is 3.31. The third-order valence-electron chi connectivity index (χ3n) is 3.95. The number of hydrogen-bond acceptors (Lipinski definition) is 8. The van der Waals surface area contributed by atoms with E-state index in [1.54, 1.807) is 26.0 Å². The fourth-order valence-electron chi connectivity index (χ4n) is 2.61. The molecule has 0 radical (unpaired) electrons. The van der Waals surface area contributed by atoms with Crippen molar-refractivity contribution in [2.75, 3.05) is 6.61 Å². The molecule has 0 aliphatic heterocycles. The summed E-state index contributed by atoms with van der Waals surface area (Å²) in [6, 6.07) is 2.64. The Hall–Kier alpha value is -3.47. The molecule has 10 nitrogen and oxygen atoms in total. The third kappa shape index (κ3) is 4.51. The molecule has 0 saturated heterocycles. The lowest BCUT2D eigenvalue weighted by Crippen LogP contribution is -2.41. The van der Waals surface area contributed by atoms with Crippen LogP contribution >= 0.6 is 11.3 Å². The SMILES string of the molecule is CCOC(=O)c1sc2ncn(CC(=O)NC(=O)NCc3ccco3)c(=O)c2c1C. The summed E-state index contributed by atoms with van der Waals surface area (Å²) in [4.78, 5) is 53.5. The van der Waals surface area contributed by atoms with Gasteiger partial charge in [0, 0.05) is 0 Å². The van der Waals surface area contributed by atoms with Crippen LogP contribution in [0, 0.1) is 6.92 Å². The number of carbonyl (C=O) groups excluding carboxylic acids is 3. The van der Waals surface area contributed by atoms with Gasteiger partial charge in [-0.3, -0.25) is 19.5 Å². The standard InChI is InChI=1S/C18H18N4O6S/c1-3-27-17(25)14-10(2)13-15(29-14)20-9-22(16(13)24)8-12(23)21-18(26)19-7-11-5-4-6-28-11/h4-6,9H,3,7-8H2,1-2H3,(H2,19,21,23,26). The largest absolute Gasteiger partial charge is 0.467 e. The zero-order valence-corrected chi connectivity index (χ0v) is 16.5. The van der Waals surface area contributed by atoms with Crippen molar-refractivity contribution in [2.24, 2.45) is 0 Å². The van der Waals surface area contributed by atoms with E-state index in [1.807, 2.05) is 0 Å². The molecule has 152 valence electrons. The summed E-state index contributed by atoms with van der Waals surface area (Å²) in [5.41, 5.74) is -0.0302. The monoisotopic (exact) mass is 418 g/mol. The van der Waals surface area contributed by atoms with Crippen LogP contribution in [0.5, 0.6) is 0 Å². The van der Waals surface area contributed by atoms with E-state index in [0.717, 1.165) is 15.9 Å². The summed E-state index contributed by atoms with van der Waals surface area (Å²) in [5.74, 6) is -0.683. The van der Waals surface area contributed by atoms with Crippen molar-refractivity contribution in [3.05, 3.63) is 51.3 Å². The molecule has 0 fully saturated rings. The number of urea groups is 1.